The molecule has 8 heteroatoms. The molecule has 0 spiro atoms. The number of hydrogen-bond acceptors (Lipinski definition) is 3. The predicted octanol–water partition coefficient (Wildman–Crippen LogP) is 4.85. The summed E-state index contributed by atoms with van der Waals surface area (Å²) < 4.78 is 0. The van der Waals surface area contributed by atoms with Gasteiger partial charge in [-0.1, -0.05) is 48.0 Å². The molecular weight excluding hydrogens is 414 g/mol. The van der Waals surface area contributed by atoms with Gasteiger partial charge in [0.05, 0.1) is 28.5 Å². The Hall–Kier alpha value is -3.71. The number of halogens is 1. The van der Waals surface area contributed by atoms with E-state index in [-0.39, 0.29) is 5.91 Å². The van der Waals surface area contributed by atoms with Crippen molar-refractivity contribution in [3.05, 3.63) is 71.4 Å². The summed E-state index contributed by atoms with van der Waals surface area (Å²) in [5.74, 6) is -0.987. The van der Waals surface area contributed by atoms with Crippen molar-refractivity contribution >= 4 is 56.6 Å². The van der Waals surface area contributed by atoms with Gasteiger partial charge < -0.3 is 10.6 Å². The summed E-state index contributed by atoms with van der Waals surface area (Å²) in [6.45, 7) is 1.69. The summed E-state index contributed by atoms with van der Waals surface area (Å²) in [7, 11) is 0. The van der Waals surface area contributed by atoms with Crippen LogP contribution >= 0.6 is 11.6 Å². The number of nitrogens with one attached hydrogen (secondary N) is 3. The Morgan fingerprint density at radius 3 is 2.71 bits per heavy atom. The van der Waals surface area contributed by atoms with Crippen molar-refractivity contribution in [1.82, 2.24) is 15.5 Å². The zero-order valence-electron chi connectivity index (χ0n) is 16.5. The maximum Gasteiger partial charge on any atom is 0.341 e. The van der Waals surface area contributed by atoms with Crippen molar-refractivity contribution in [1.29, 1.82) is 0 Å². The van der Waals surface area contributed by atoms with Crippen LogP contribution in [-0.4, -0.2) is 27.8 Å². The number of nitrogens with zero attached hydrogens (tertiary/aromatic N) is 2. The van der Waals surface area contributed by atoms with E-state index in [9.17, 15) is 9.59 Å². The Bertz CT molecular complexity index is 1380. The van der Waals surface area contributed by atoms with E-state index in [2.05, 4.69) is 25.8 Å². The van der Waals surface area contributed by atoms with E-state index in [0.29, 0.717) is 16.4 Å². The summed E-state index contributed by atoms with van der Waals surface area (Å²) in [4.78, 5) is 29.5. The molecule has 2 heterocycles. The van der Waals surface area contributed by atoms with Gasteiger partial charge >= 0.3 is 6.03 Å². The molecule has 5 rings (SSSR count). The summed E-state index contributed by atoms with van der Waals surface area (Å²) >= 11 is 6.36. The van der Waals surface area contributed by atoms with E-state index in [1.807, 2.05) is 42.5 Å². The number of carbonyl (C=O) groups is 2. The van der Waals surface area contributed by atoms with Crippen molar-refractivity contribution in [3.8, 4) is 0 Å². The van der Waals surface area contributed by atoms with Gasteiger partial charge in [0.2, 0.25) is 5.91 Å². The maximum absolute atomic E-state index is 13.3. The minimum absolute atomic E-state index is 0.302. The van der Waals surface area contributed by atoms with Gasteiger partial charge in [-0.15, -0.1) is 0 Å². The number of amides is 3. The quantitative estimate of drug-likeness (QED) is 0.432. The van der Waals surface area contributed by atoms with Crippen LogP contribution in [0.1, 0.15) is 18.5 Å². The summed E-state index contributed by atoms with van der Waals surface area (Å²) in [5.41, 5.74) is 2.53. The fraction of sp³-hybridized carbons (Fsp3) is 0.130. The van der Waals surface area contributed by atoms with Crippen molar-refractivity contribution in [3.63, 3.8) is 0 Å². The number of rotatable bonds is 3. The lowest BCUT2D eigenvalue weighted by atomic mass is 9.86. The number of aromatic nitrogens is 2. The van der Waals surface area contributed by atoms with E-state index in [0.717, 1.165) is 27.2 Å². The minimum Gasteiger partial charge on any atom is -0.328 e. The molecule has 31 heavy (non-hydrogen) atoms. The van der Waals surface area contributed by atoms with Crippen LogP contribution in [0.3, 0.4) is 0 Å². The number of aromatic amines is 1. The second-order valence-electron chi connectivity index (χ2n) is 7.54. The fourth-order valence-corrected chi connectivity index (χ4v) is 4.22. The van der Waals surface area contributed by atoms with Crippen molar-refractivity contribution in [2.45, 2.75) is 13.0 Å². The first-order valence-corrected chi connectivity index (χ1v) is 10.2. The second kappa shape index (κ2) is 7.52. The molecule has 0 radical (unpaired) electrons. The third-order valence-electron chi connectivity index (χ3n) is 5.54. The average molecular weight is 432 g/mol. The van der Waals surface area contributed by atoms with Gasteiger partial charge in [-0.25, -0.2) is 9.79 Å². The van der Waals surface area contributed by atoms with Gasteiger partial charge in [-0.2, -0.15) is 5.10 Å². The molecule has 3 amide bonds. The largest absolute Gasteiger partial charge is 0.341 e. The maximum atomic E-state index is 13.3. The standard InChI is InChI=1S/C23H18ClN5O2/c1-12-20(22(30)27-19-9-16-11-25-29-18(16)10-17(19)24)21(28-23(31)26-12)15-7-6-13-4-2-3-5-14(13)8-15/h2-11,20-21H,1H3,(H,25,29)(H,27,30)(H,28,31). The van der Waals surface area contributed by atoms with Crippen LogP contribution in [0.2, 0.25) is 5.02 Å². The van der Waals surface area contributed by atoms with Gasteiger partial charge in [0, 0.05) is 11.1 Å². The summed E-state index contributed by atoms with van der Waals surface area (Å²) in [6, 6.07) is 16.3. The highest BCUT2D eigenvalue weighted by atomic mass is 35.5. The summed E-state index contributed by atoms with van der Waals surface area (Å²) in [5, 5.41) is 15.9. The van der Waals surface area contributed by atoms with Crippen LogP contribution < -0.4 is 10.6 Å². The summed E-state index contributed by atoms with van der Waals surface area (Å²) in [6.07, 6.45) is 1.66. The molecule has 3 aromatic carbocycles. The van der Waals surface area contributed by atoms with E-state index in [1.165, 1.54) is 0 Å². The first-order chi connectivity index (χ1) is 15.0. The number of H-pyrrole nitrogens is 1. The molecule has 7 nitrogen and oxygen atoms in total. The molecule has 0 aliphatic carbocycles. The highest BCUT2D eigenvalue weighted by molar-refractivity contribution is 6.34. The Morgan fingerprint density at radius 1 is 1.06 bits per heavy atom. The minimum atomic E-state index is -0.685. The number of aliphatic imine (C=N–C) groups is 1. The van der Waals surface area contributed by atoms with E-state index in [4.69, 9.17) is 11.6 Å². The SMILES string of the molecule is CC1=NC(=O)NC(c2ccc3ccccc3c2)C1C(=O)Nc1cc2cn[nH]c2cc1Cl. The number of fused-ring (bicyclic) bond motifs is 2. The van der Waals surface area contributed by atoms with Crippen LogP contribution in [-0.2, 0) is 4.79 Å². The monoisotopic (exact) mass is 431 g/mol. The Morgan fingerprint density at radius 2 is 1.87 bits per heavy atom. The Kier molecular flexibility index (Phi) is 4.67. The zero-order chi connectivity index (χ0) is 21.5. The molecule has 2 unspecified atom stereocenters. The molecule has 3 N–H and O–H groups in total. The number of anilines is 1. The van der Waals surface area contributed by atoms with Gasteiger partial charge in [0.1, 0.15) is 5.92 Å². The Balaban J connectivity index is 1.51. The molecule has 154 valence electrons. The van der Waals surface area contributed by atoms with E-state index in [1.54, 1.807) is 25.3 Å². The molecule has 1 aromatic heterocycles. The molecular formula is C23H18ClN5O2. The van der Waals surface area contributed by atoms with Crippen LogP contribution in [0, 0.1) is 5.92 Å². The highest BCUT2D eigenvalue weighted by Gasteiger charge is 2.37. The first-order valence-electron chi connectivity index (χ1n) is 9.77. The van der Waals surface area contributed by atoms with Crippen molar-refractivity contribution in [2.75, 3.05) is 5.32 Å². The van der Waals surface area contributed by atoms with Gasteiger partial charge in [0.25, 0.3) is 0 Å². The lowest BCUT2D eigenvalue weighted by Crippen LogP contribution is -2.45. The van der Waals surface area contributed by atoms with E-state index < -0.39 is 18.0 Å². The van der Waals surface area contributed by atoms with E-state index >= 15 is 0 Å². The molecule has 4 aromatic rings. The van der Waals surface area contributed by atoms with Crippen molar-refractivity contribution < 1.29 is 9.59 Å². The number of urea groups is 1. The van der Waals surface area contributed by atoms with Crippen LogP contribution in [0.5, 0.6) is 0 Å². The zero-order valence-corrected chi connectivity index (χ0v) is 17.3. The lowest BCUT2D eigenvalue weighted by molar-refractivity contribution is -0.118. The molecule has 0 saturated heterocycles. The predicted molar refractivity (Wildman–Crippen MR) is 122 cm³/mol. The third-order valence-corrected chi connectivity index (χ3v) is 5.85. The van der Waals surface area contributed by atoms with Crippen LogP contribution in [0.15, 0.2) is 65.8 Å². The number of carbonyl (C=O) groups excluding carboxylic acids is 2. The normalized spacial score (nSPS) is 18.6. The molecule has 1 aliphatic rings. The second-order valence-corrected chi connectivity index (χ2v) is 7.95. The van der Waals surface area contributed by atoms with Crippen LogP contribution in [0.4, 0.5) is 10.5 Å². The Labute approximate surface area is 182 Å². The van der Waals surface area contributed by atoms with Gasteiger partial charge in [0.15, 0.2) is 0 Å². The first kappa shape index (κ1) is 19.3. The third kappa shape index (κ3) is 3.53. The molecule has 1 aliphatic heterocycles. The topological polar surface area (TPSA) is 99.2 Å². The lowest BCUT2D eigenvalue weighted by Gasteiger charge is -2.30. The van der Waals surface area contributed by atoms with Gasteiger partial charge in [-0.3, -0.25) is 9.89 Å². The average Bonchev–Trinajstić information content (AvgIpc) is 3.20. The fourth-order valence-electron chi connectivity index (χ4n) is 4.01. The smallest absolute Gasteiger partial charge is 0.328 e. The number of hydrogen-bond donors (Lipinski definition) is 3. The van der Waals surface area contributed by atoms with Gasteiger partial charge in [-0.05, 0) is 41.5 Å². The highest BCUT2D eigenvalue weighted by Crippen LogP contribution is 2.32. The molecule has 0 saturated carbocycles. The molecule has 0 bridgehead atoms. The molecule has 0 fully saturated rings. The van der Waals surface area contributed by atoms with Crippen LogP contribution in [0.25, 0.3) is 21.7 Å². The molecule has 2 atom stereocenters. The van der Waals surface area contributed by atoms with Crippen molar-refractivity contribution in [2.24, 2.45) is 10.9 Å². The number of benzene rings is 3.